The van der Waals surface area contributed by atoms with Gasteiger partial charge in [-0.25, -0.2) is 0 Å². The zero-order valence-electron chi connectivity index (χ0n) is 10.8. The van der Waals surface area contributed by atoms with Crippen LogP contribution in [0.15, 0.2) is 53.9 Å². The minimum Gasteiger partial charge on any atom is -0.388 e. The Morgan fingerprint density at radius 3 is 2.63 bits per heavy atom. The summed E-state index contributed by atoms with van der Waals surface area (Å²) in [7, 11) is 0. The van der Waals surface area contributed by atoms with E-state index >= 15 is 0 Å². The lowest BCUT2D eigenvalue weighted by molar-refractivity contribution is 0.180. The van der Waals surface area contributed by atoms with Gasteiger partial charge in [0.2, 0.25) is 0 Å². The molecule has 0 fully saturated rings. The van der Waals surface area contributed by atoms with Crippen LogP contribution in [0.25, 0.3) is 10.1 Å². The number of rotatable bonds is 3. The van der Waals surface area contributed by atoms with Crippen molar-refractivity contribution in [3.63, 3.8) is 0 Å². The molecule has 0 radical (unpaired) electrons. The summed E-state index contributed by atoms with van der Waals surface area (Å²) in [4.78, 5) is 0. The van der Waals surface area contributed by atoms with Crippen LogP contribution in [0.1, 0.15) is 22.8 Å². The summed E-state index contributed by atoms with van der Waals surface area (Å²) < 4.78 is 1.20. The second-order valence-electron chi connectivity index (χ2n) is 4.89. The first-order valence-corrected chi connectivity index (χ1v) is 7.32. The van der Waals surface area contributed by atoms with Crippen LogP contribution in [0.3, 0.4) is 0 Å². The van der Waals surface area contributed by atoms with Crippen molar-refractivity contribution in [3.8, 4) is 0 Å². The Hall–Kier alpha value is -1.64. The molecule has 0 bridgehead atoms. The van der Waals surface area contributed by atoms with Crippen molar-refractivity contribution in [1.29, 1.82) is 0 Å². The number of hydrogen-bond acceptors (Lipinski definition) is 2. The van der Waals surface area contributed by atoms with Gasteiger partial charge in [0.15, 0.2) is 0 Å². The lowest BCUT2D eigenvalue weighted by Gasteiger charge is -2.12. The van der Waals surface area contributed by atoms with Crippen LogP contribution >= 0.6 is 11.3 Å². The molecule has 1 aromatic heterocycles. The molecule has 0 amide bonds. The highest BCUT2D eigenvalue weighted by Crippen LogP contribution is 2.30. The van der Waals surface area contributed by atoms with Gasteiger partial charge in [0.1, 0.15) is 0 Å². The number of aliphatic hydroxyl groups excluding tert-OH is 1. The highest BCUT2D eigenvalue weighted by atomic mass is 32.1. The summed E-state index contributed by atoms with van der Waals surface area (Å²) in [6, 6.07) is 16.6. The van der Waals surface area contributed by atoms with E-state index in [2.05, 4.69) is 48.7 Å². The van der Waals surface area contributed by atoms with Crippen molar-refractivity contribution in [2.45, 2.75) is 19.4 Å². The second-order valence-corrected chi connectivity index (χ2v) is 5.81. The van der Waals surface area contributed by atoms with E-state index in [4.69, 9.17) is 0 Å². The van der Waals surface area contributed by atoms with Gasteiger partial charge in [0, 0.05) is 11.1 Å². The molecule has 0 saturated carbocycles. The van der Waals surface area contributed by atoms with Gasteiger partial charge in [-0.05, 0) is 34.9 Å². The molecule has 0 aliphatic carbocycles. The predicted molar refractivity (Wildman–Crippen MR) is 81.7 cm³/mol. The largest absolute Gasteiger partial charge is 0.388 e. The molecule has 1 N–H and O–H groups in total. The first kappa shape index (κ1) is 12.4. The third-order valence-corrected chi connectivity index (χ3v) is 4.40. The van der Waals surface area contributed by atoms with E-state index in [9.17, 15) is 5.11 Å². The van der Waals surface area contributed by atoms with E-state index < -0.39 is 6.10 Å². The van der Waals surface area contributed by atoms with E-state index in [0.29, 0.717) is 6.42 Å². The predicted octanol–water partition coefficient (Wildman–Crippen LogP) is 4.49. The van der Waals surface area contributed by atoms with Crippen LogP contribution in [-0.2, 0) is 6.42 Å². The van der Waals surface area contributed by atoms with Gasteiger partial charge in [-0.15, -0.1) is 11.3 Å². The van der Waals surface area contributed by atoms with Crippen LogP contribution in [0.5, 0.6) is 0 Å². The van der Waals surface area contributed by atoms with Crippen LogP contribution in [0.4, 0.5) is 0 Å². The average molecular weight is 268 g/mol. The minimum absolute atomic E-state index is 0.440. The van der Waals surface area contributed by atoms with Crippen LogP contribution in [-0.4, -0.2) is 5.11 Å². The molecule has 0 saturated heterocycles. The zero-order chi connectivity index (χ0) is 13.2. The van der Waals surface area contributed by atoms with Crippen molar-refractivity contribution >= 4 is 21.4 Å². The summed E-state index contributed by atoms with van der Waals surface area (Å²) in [5.74, 6) is 0. The molecule has 19 heavy (non-hydrogen) atoms. The third-order valence-electron chi connectivity index (χ3n) is 3.42. The number of hydrogen-bond donors (Lipinski definition) is 1. The van der Waals surface area contributed by atoms with E-state index in [1.807, 2.05) is 12.1 Å². The summed E-state index contributed by atoms with van der Waals surface area (Å²) in [6.07, 6.45) is 0.224. The van der Waals surface area contributed by atoms with Gasteiger partial charge >= 0.3 is 0 Å². The van der Waals surface area contributed by atoms with Gasteiger partial charge in [0.25, 0.3) is 0 Å². The maximum atomic E-state index is 10.5. The minimum atomic E-state index is -0.440. The molecular weight excluding hydrogens is 252 g/mol. The lowest BCUT2D eigenvalue weighted by atomic mass is 10.00. The normalized spacial score (nSPS) is 12.7. The fourth-order valence-electron chi connectivity index (χ4n) is 2.34. The van der Waals surface area contributed by atoms with E-state index in [1.54, 1.807) is 11.3 Å². The van der Waals surface area contributed by atoms with Crippen molar-refractivity contribution in [3.05, 3.63) is 70.6 Å². The Labute approximate surface area is 117 Å². The van der Waals surface area contributed by atoms with Crippen molar-refractivity contribution in [1.82, 2.24) is 0 Å². The molecule has 1 heterocycles. The summed E-state index contributed by atoms with van der Waals surface area (Å²) in [6.45, 7) is 2.08. The molecule has 3 rings (SSSR count). The number of aryl methyl sites for hydroxylation is 1. The molecule has 1 atom stereocenters. The molecule has 2 aromatic carbocycles. The van der Waals surface area contributed by atoms with E-state index in [1.165, 1.54) is 21.2 Å². The Morgan fingerprint density at radius 2 is 1.84 bits per heavy atom. The third kappa shape index (κ3) is 2.55. The number of aliphatic hydroxyl groups is 1. The fraction of sp³-hybridized carbons (Fsp3) is 0.176. The Kier molecular flexibility index (Phi) is 3.36. The summed E-state index contributed by atoms with van der Waals surface area (Å²) in [5, 5.41) is 13.8. The molecule has 0 spiro atoms. The van der Waals surface area contributed by atoms with Gasteiger partial charge in [0.05, 0.1) is 6.10 Å². The van der Waals surface area contributed by atoms with Crippen molar-refractivity contribution in [2.24, 2.45) is 0 Å². The smallest absolute Gasteiger partial charge is 0.0844 e. The van der Waals surface area contributed by atoms with E-state index in [-0.39, 0.29) is 0 Å². The van der Waals surface area contributed by atoms with Crippen LogP contribution < -0.4 is 0 Å². The fourth-order valence-corrected chi connectivity index (χ4v) is 3.30. The first-order chi connectivity index (χ1) is 9.24. The van der Waals surface area contributed by atoms with Gasteiger partial charge in [-0.3, -0.25) is 0 Å². The molecule has 3 aromatic rings. The molecule has 0 aliphatic heterocycles. The SMILES string of the molecule is Cc1ccc(CC(O)c2cccc3ccsc23)cc1. The highest BCUT2D eigenvalue weighted by molar-refractivity contribution is 7.17. The Morgan fingerprint density at radius 1 is 1.05 bits per heavy atom. The molecule has 1 unspecified atom stereocenters. The van der Waals surface area contributed by atoms with Gasteiger partial charge < -0.3 is 5.11 Å². The summed E-state index contributed by atoms with van der Waals surface area (Å²) >= 11 is 1.70. The van der Waals surface area contributed by atoms with E-state index in [0.717, 1.165) is 5.56 Å². The Bertz CT molecular complexity index is 682. The average Bonchev–Trinajstić information content (AvgIpc) is 2.89. The number of thiophene rings is 1. The van der Waals surface area contributed by atoms with Gasteiger partial charge in [-0.2, -0.15) is 0 Å². The maximum Gasteiger partial charge on any atom is 0.0844 e. The van der Waals surface area contributed by atoms with Gasteiger partial charge in [-0.1, -0.05) is 48.0 Å². The molecular formula is C17H16OS. The quantitative estimate of drug-likeness (QED) is 0.742. The maximum absolute atomic E-state index is 10.5. The first-order valence-electron chi connectivity index (χ1n) is 6.44. The molecule has 1 nitrogen and oxygen atoms in total. The standard InChI is InChI=1S/C17H16OS/c1-12-5-7-13(8-6-12)11-16(18)15-4-2-3-14-9-10-19-17(14)15/h2-10,16,18H,11H2,1H3. The number of fused-ring (bicyclic) bond motifs is 1. The topological polar surface area (TPSA) is 20.2 Å². The molecule has 2 heteroatoms. The van der Waals surface area contributed by atoms with Crippen molar-refractivity contribution in [2.75, 3.05) is 0 Å². The summed E-state index contributed by atoms with van der Waals surface area (Å²) in [5.41, 5.74) is 3.46. The monoisotopic (exact) mass is 268 g/mol. The van der Waals surface area contributed by atoms with Crippen LogP contribution in [0.2, 0.25) is 0 Å². The Balaban J connectivity index is 1.89. The molecule has 96 valence electrons. The lowest BCUT2D eigenvalue weighted by Crippen LogP contribution is -2.01. The van der Waals surface area contributed by atoms with Crippen molar-refractivity contribution < 1.29 is 5.11 Å². The highest BCUT2D eigenvalue weighted by Gasteiger charge is 2.12. The second kappa shape index (κ2) is 5.16. The molecule has 0 aliphatic rings. The number of benzene rings is 2. The zero-order valence-corrected chi connectivity index (χ0v) is 11.7. The van der Waals surface area contributed by atoms with Crippen LogP contribution in [0, 0.1) is 6.92 Å².